The molecule has 1 heterocycles. The number of imidazole rings is 1. The zero-order valence-electron chi connectivity index (χ0n) is 10.3. The van der Waals surface area contributed by atoms with Crippen molar-refractivity contribution < 1.29 is 14.4 Å². The highest BCUT2D eigenvalue weighted by atomic mass is 16.2. The van der Waals surface area contributed by atoms with Crippen molar-refractivity contribution in [3.05, 3.63) is 64.3 Å². The maximum Gasteiger partial charge on any atom is 0.217 e. The Morgan fingerprint density at radius 3 is 2.40 bits per heavy atom. The molecule has 0 aliphatic heterocycles. The molecule has 2 aliphatic rings. The van der Waals surface area contributed by atoms with E-state index in [4.69, 9.17) is 0 Å². The topological polar surface area (TPSA) is 79.9 Å². The quantitative estimate of drug-likeness (QED) is 0.732. The van der Waals surface area contributed by atoms with Crippen LogP contribution in [0.15, 0.2) is 41.7 Å². The number of allylic oxidation sites excluding steroid dienone is 2. The largest absolute Gasteiger partial charge is 0.348 e. The summed E-state index contributed by atoms with van der Waals surface area (Å²) >= 11 is 0. The van der Waals surface area contributed by atoms with Crippen LogP contribution in [-0.2, 0) is 6.42 Å². The molecule has 0 radical (unpaired) electrons. The van der Waals surface area contributed by atoms with Gasteiger partial charge in [-0.15, -0.1) is 0 Å². The number of fused-ring (bicyclic) bond motifs is 2. The van der Waals surface area contributed by atoms with E-state index in [9.17, 15) is 14.4 Å². The lowest BCUT2D eigenvalue weighted by Crippen LogP contribution is -2.31. The van der Waals surface area contributed by atoms with Crippen molar-refractivity contribution in [1.82, 2.24) is 9.97 Å². The molecule has 1 aromatic heterocycles. The van der Waals surface area contributed by atoms with Crippen LogP contribution >= 0.6 is 0 Å². The Hall–Kier alpha value is -2.82. The number of H-pyrrole nitrogens is 1. The van der Waals surface area contributed by atoms with Crippen molar-refractivity contribution in [2.45, 2.75) is 6.42 Å². The molecule has 1 aromatic carbocycles. The average molecular weight is 264 g/mol. The summed E-state index contributed by atoms with van der Waals surface area (Å²) in [6, 6.07) is 6.59. The monoisotopic (exact) mass is 264 g/mol. The normalized spacial score (nSPS) is 16.9. The highest BCUT2D eigenvalue weighted by Crippen LogP contribution is 2.33. The van der Waals surface area contributed by atoms with E-state index in [-0.39, 0.29) is 34.8 Å². The number of carbonyl (C=O) groups is 3. The average Bonchev–Trinajstić information content (AvgIpc) is 2.93. The highest BCUT2D eigenvalue weighted by Gasteiger charge is 2.40. The van der Waals surface area contributed by atoms with Crippen molar-refractivity contribution >= 4 is 17.3 Å². The van der Waals surface area contributed by atoms with Gasteiger partial charge in [0, 0.05) is 23.1 Å². The zero-order valence-corrected chi connectivity index (χ0v) is 10.3. The van der Waals surface area contributed by atoms with Crippen molar-refractivity contribution in [3.63, 3.8) is 0 Å². The molecule has 1 N–H and O–H groups in total. The molecule has 0 atom stereocenters. The highest BCUT2D eigenvalue weighted by molar-refractivity contribution is 6.40. The maximum absolute atomic E-state index is 12.5. The fourth-order valence-electron chi connectivity index (χ4n) is 2.78. The first-order valence-electron chi connectivity index (χ1n) is 6.17. The van der Waals surface area contributed by atoms with Crippen LogP contribution in [-0.4, -0.2) is 27.3 Å². The lowest BCUT2D eigenvalue weighted by atomic mass is 9.77. The Kier molecular flexibility index (Phi) is 1.99. The molecule has 2 aromatic rings. The Morgan fingerprint density at radius 1 is 0.950 bits per heavy atom. The van der Waals surface area contributed by atoms with E-state index >= 15 is 0 Å². The van der Waals surface area contributed by atoms with Gasteiger partial charge in [-0.1, -0.05) is 24.3 Å². The molecule has 20 heavy (non-hydrogen) atoms. The van der Waals surface area contributed by atoms with Gasteiger partial charge in [0.15, 0.2) is 11.6 Å². The number of aromatic amines is 1. The van der Waals surface area contributed by atoms with Gasteiger partial charge in [-0.05, 0) is 0 Å². The Bertz CT molecular complexity index is 842. The third-order valence-electron chi connectivity index (χ3n) is 3.73. The molecule has 0 fully saturated rings. The van der Waals surface area contributed by atoms with Crippen LogP contribution in [0.1, 0.15) is 36.9 Å². The van der Waals surface area contributed by atoms with Gasteiger partial charge >= 0.3 is 0 Å². The van der Waals surface area contributed by atoms with Gasteiger partial charge in [0.1, 0.15) is 5.69 Å². The molecule has 2 aliphatic carbocycles. The number of ketones is 3. The van der Waals surface area contributed by atoms with E-state index in [1.54, 1.807) is 24.3 Å². The van der Waals surface area contributed by atoms with E-state index in [2.05, 4.69) is 9.97 Å². The van der Waals surface area contributed by atoms with Crippen LogP contribution in [0.25, 0.3) is 0 Å². The number of aromatic nitrogens is 2. The molecule has 0 spiro atoms. The standard InChI is InChI=1S/C15H8N2O3/c18-13-7-3-1-2-4-8(7)14(19)11-9(13)5-10-12(15(11)20)17-6-16-10/h1-4,6H,5H2,(H,16,17). The number of nitrogens with zero attached hydrogens (tertiary/aromatic N) is 1. The first-order chi connectivity index (χ1) is 9.68. The van der Waals surface area contributed by atoms with Gasteiger partial charge in [-0.2, -0.15) is 0 Å². The number of hydrogen-bond donors (Lipinski definition) is 1. The van der Waals surface area contributed by atoms with E-state index in [1.807, 2.05) is 0 Å². The first kappa shape index (κ1) is 11.0. The molecule has 0 saturated carbocycles. The molecule has 4 rings (SSSR count). The molecular formula is C15H8N2O3. The molecule has 96 valence electrons. The van der Waals surface area contributed by atoms with Crippen LogP contribution in [0, 0.1) is 0 Å². The molecule has 0 unspecified atom stereocenters. The number of Topliss-reactive ketones (excluding diaryl/α,β-unsaturated/α-hetero) is 3. The number of carbonyl (C=O) groups excluding carboxylic acids is 3. The third kappa shape index (κ3) is 1.21. The van der Waals surface area contributed by atoms with Crippen LogP contribution < -0.4 is 0 Å². The predicted molar refractivity (Wildman–Crippen MR) is 68.8 cm³/mol. The van der Waals surface area contributed by atoms with E-state index in [0.717, 1.165) is 0 Å². The van der Waals surface area contributed by atoms with Crippen molar-refractivity contribution in [2.75, 3.05) is 0 Å². The summed E-state index contributed by atoms with van der Waals surface area (Å²) < 4.78 is 0. The molecular weight excluding hydrogens is 256 g/mol. The van der Waals surface area contributed by atoms with Gasteiger partial charge in [-0.25, -0.2) is 4.98 Å². The summed E-state index contributed by atoms with van der Waals surface area (Å²) in [6.07, 6.45) is 1.65. The molecule has 0 saturated heterocycles. The van der Waals surface area contributed by atoms with Crippen molar-refractivity contribution in [1.29, 1.82) is 0 Å². The lowest BCUT2D eigenvalue weighted by molar-refractivity contribution is 0.0919. The predicted octanol–water partition coefficient (Wildman–Crippen LogP) is 1.52. The Balaban J connectivity index is 1.98. The summed E-state index contributed by atoms with van der Waals surface area (Å²) in [5.74, 6) is -1.09. The SMILES string of the molecule is O=C1C2=C(C(=O)c3ccccc31)C(=O)c1nc[nH]c1C2. The summed E-state index contributed by atoms with van der Waals surface area (Å²) in [7, 11) is 0. The Labute approximate surface area is 113 Å². The summed E-state index contributed by atoms with van der Waals surface area (Å²) in [5, 5.41) is 0. The second kappa shape index (κ2) is 3.60. The van der Waals surface area contributed by atoms with E-state index < -0.39 is 5.78 Å². The minimum atomic E-state index is -0.463. The van der Waals surface area contributed by atoms with Gasteiger partial charge in [0.2, 0.25) is 5.78 Å². The van der Waals surface area contributed by atoms with Gasteiger partial charge in [0.05, 0.1) is 17.6 Å². The summed E-state index contributed by atoms with van der Waals surface area (Å²) in [4.78, 5) is 44.1. The lowest BCUT2D eigenvalue weighted by Gasteiger charge is -2.22. The summed E-state index contributed by atoms with van der Waals surface area (Å²) in [6.45, 7) is 0. The fourth-order valence-corrected chi connectivity index (χ4v) is 2.78. The Morgan fingerprint density at radius 2 is 1.65 bits per heavy atom. The third-order valence-corrected chi connectivity index (χ3v) is 3.73. The minimum absolute atomic E-state index is 0.0201. The number of benzene rings is 1. The van der Waals surface area contributed by atoms with Crippen LogP contribution in [0.5, 0.6) is 0 Å². The minimum Gasteiger partial charge on any atom is -0.348 e. The van der Waals surface area contributed by atoms with Gasteiger partial charge < -0.3 is 4.98 Å². The van der Waals surface area contributed by atoms with Crippen LogP contribution in [0.4, 0.5) is 0 Å². The number of hydrogen-bond acceptors (Lipinski definition) is 4. The molecule has 0 bridgehead atoms. The van der Waals surface area contributed by atoms with E-state index in [1.165, 1.54) is 6.33 Å². The van der Waals surface area contributed by atoms with Gasteiger partial charge in [0.25, 0.3) is 0 Å². The zero-order chi connectivity index (χ0) is 13.9. The number of nitrogens with one attached hydrogen (secondary N) is 1. The molecule has 0 amide bonds. The molecule has 5 heteroatoms. The van der Waals surface area contributed by atoms with Crippen molar-refractivity contribution in [2.24, 2.45) is 0 Å². The smallest absolute Gasteiger partial charge is 0.217 e. The second-order valence-electron chi connectivity index (χ2n) is 4.79. The molecule has 5 nitrogen and oxygen atoms in total. The van der Waals surface area contributed by atoms with E-state index in [0.29, 0.717) is 16.8 Å². The first-order valence-corrected chi connectivity index (χ1v) is 6.17. The maximum atomic E-state index is 12.5. The number of rotatable bonds is 0. The van der Waals surface area contributed by atoms with Gasteiger partial charge in [-0.3, -0.25) is 14.4 Å². The fraction of sp³-hybridized carbons (Fsp3) is 0.0667. The van der Waals surface area contributed by atoms with Crippen LogP contribution in [0.2, 0.25) is 0 Å². The second-order valence-corrected chi connectivity index (χ2v) is 4.79. The van der Waals surface area contributed by atoms with Crippen molar-refractivity contribution in [3.8, 4) is 0 Å². The van der Waals surface area contributed by atoms with Crippen LogP contribution in [0.3, 0.4) is 0 Å². The summed E-state index contributed by atoms with van der Waals surface area (Å²) in [5.41, 5.74) is 1.75.